The van der Waals surface area contributed by atoms with Crippen molar-refractivity contribution in [1.82, 2.24) is 9.97 Å². The molecule has 0 N–H and O–H groups in total. The first-order valence-corrected chi connectivity index (χ1v) is 7.29. The van der Waals surface area contributed by atoms with Crippen LogP contribution < -0.4 is 0 Å². The van der Waals surface area contributed by atoms with Gasteiger partial charge in [0.05, 0.1) is 41.3 Å². The third-order valence-electron chi connectivity index (χ3n) is 3.19. The van der Waals surface area contributed by atoms with Gasteiger partial charge in [0.1, 0.15) is 5.69 Å². The van der Waals surface area contributed by atoms with E-state index in [4.69, 9.17) is 4.74 Å². The van der Waals surface area contributed by atoms with Crippen molar-refractivity contribution in [3.63, 3.8) is 0 Å². The van der Waals surface area contributed by atoms with Crippen LogP contribution in [0, 0.1) is 0 Å². The molecule has 0 fully saturated rings. The zero-order valence-corrected chi connectivity index (χ0v) is 12.6. The third kappa shape index (κ3) is 3.58. The first-order valence-electron chi connectivity index (χ1n) is 7.29. The molecule has 0 bridgehead atoms. The molecule has 0 radical (unpaired) electrons. The first-order chi connectivity index (χ1) is 11.3. The molecule has 0 saturated carbocycles. The number of rotatable bonds is 4. The van der Waals surface area contributed by atoms with Crippen molar-refractivity contribution in [3.8, 4) is 0 Å². The van der Waals surface area contributed by atoms with Crippen LogP contribution in [0.25, 0.3) is 11.0 Å². The number of hydrogen-bond donors (Lipinski definition) is 0. The van der Waals surface area contributed by atoms with Crippen molar-refractivity contribution in [1.29, 1.82) is 0 Å². The molecule has 1 heterocycles. The molecule has 0 aliphatic heterocycles. The number of aromatic nitrogens is 2. The second kappa shape index (κ2) is 6.79. The first kappa shape index (κ1) is 14.8. The second-order valence-corrected chi connectivity index (χ2v) is 4.81. The van der Waals surface area contributed by atoms with E-state index < -0.39 is 0 Å². The molecule has 23 heavy (non-hydrogen) atoms. The van der Waals surface area contributed by atoms with E-state index in [1.54, 1.807) is 43.6 Å². The highest BCUT2D eigenvalue weighted by molar-refractivity contribution is 5.90. The van der Waals surface area contributed by atoms with E-state index >= 15 is 0 Å². The number of para-hydroxylation sites is 2. The fourth-order valence-corrected chi connectivity index (χ4v) is 2.07. The van der Waals surface area contributed by atoms with Gasteiger partial charge in [-0.25, -0.2) is 9.78 Å². The zero-order valence-electron chi connectivity index (χ0n) is 12.6. The van der Waals surface area contributed by atoms with Crippen molar-refractivity contribution >= 4 is 28.9 Å². The number of ether oxygens (including phenoxy) is 1. The Morgan fingerprint density at radius 1 is 1.13 bits per heavy atom. The van der Waals surface area contributed by atoms with Crippen molar-refractivity contribution in [2.24, 2.45) is 4.99 Å². The molecule has 0 aliphatic rings. The second-order valence-electron chi connectivity index (χ2n) is 4.81. The van der Waals surface area contributed by atoms with Crippen molar-refractivity contribution in [2.45, 2.75) is 6.92 Å². The fraction of sp³-hybridized carbons (Fsp3) is 0.111. The van der Waals surface area contributed by atoms with E-state index in [2.05, 4.69) is 15.0 Å². The predicted octanol–water partition coefficient (Wildman–Crippen LogP) is 3.56. The number of carbonyl (C=O) groups is 1. The van der Waals surface area contributed by atoms with Crippen molar-refractivity contribution in [3.05, 3.63) is 66.0 Å². The maximum Gasteiger partial charge on any atom is 0.338 e. The molecule has 0 aliphatic carbocycles. The summed E-state index contributed by atoms with van der Waals surface area (Å²) in [5.74, 6) is -0.330. The highest BCUT2D eigenvalue weighted by Crippen LogP contribution is 2.14. The molecule has 0 saturated heterocycles. The van der Waals surface area contributed by atoms with Crippen molar-refractivity contribution < 1.29 is 9.53 Å². The van der Waals surface area contributed by atoms with Crippen molar-refractivity contribution in [2.75, 3.05) is 6.61 Å². The van der Waals surface area contributed by atoms with Crippen LogP contribution in [0.5, 0.6) is 0 Å². The predicted molar refractivity (Wildman–Crippen MR) is 89.2 cm³/mol. The Kier molecular flexibility index (Phi) is 4.38. The molecule has 5 nitrogen and oxygen atoms in total. The Bertz CT molecular complexity index is 858. The van der Waals surface area contributed by atoms with Crippen LogP contribution in [0.2, 0.25) is 0 Å². The monoisotopic (exact) mass is 305 g/mol. The van der Waals surface area contributed by atoms with Crippen LogP contribution in [0.4, 0.5) is 5.69 Å². The summed E-state index contributed by atoms with van der Waals surface area (Å²) >= 11 is 0. The molecule has 3 aromatic rings. The van der Waals surface area contributed by atoms with E-state index in [1.807, 2.05) is 24.3 Å². The standard InChI is InChI=1S/C18H15N3O2/c1-2-23-18(22)13-7-9-14(10-8-13)19-11-15-12-20-16-5-3-4-6-17(16)21-15/h3-12H,2H2,1H3. The number of carbonyl (C=O) groups excluding carboxylic acids is 1. The Labute approximate surface area is 133 Å². The summed E-state index contributed by atoms with van der Waals surface area (Å²) < 4.78 is 4.94. The van der Waals surface area contributed by atoms with Crippen LogP contribution in [0.1, 0.15) is 23.0 Å². The molecule has 0 unspecified atom stereocenters. The van der Waals surface area contributed by atoms with E-state index in [9.17, 15) is 4.79 Å². The van der Waals surface area contributed by atoms with Crippen LogP contribution >= 0.6 is 0 Å². The summed E-state index contributed by atoms with van der Waals surface area (Å²) in [5, 5.41) is 0. The quantitative estimate of drug-likeness (QED) is 0.546. The molecular weight excluding hydrogens is 290 g/mol. The van der Waals surface area contributed by atoms with E-state index in [1.165, 1.54) is 0 Å². The summed E-state index contributed by atoms with van der Waals surface area (Å²) in [7, 11) is 0. The molecule has 0 spiro atoms. The molecule has 0 atom stereocenters. The maximum atomic E-state index is 11.6. The highest BCUT2D eigenvalue weighted by Gasteiger charge is 2.05. The van der Waals surface area contributed by atoms with Gasteiger partial charge in [0.25, 0.3) is 0 Å². The molecule has 0 amide bonds. The van der Waals surface area contributed by atoms with Gasteiger partial charge in [-0.3, -0.25) is 9.98 Å². The summed E-state index contributed by atoms with van der Waals surface area (Å²) in [6, 6.07) is 14.6. The smallest absolute Gasteiger partial charge is 0.338 e. The SMILES string of the molecule is CCOC(=O)c1ccc(N=Cc2cnc3ccccc3n2)cc1. The number of aliphatic imine (C=N–C) groups is 1. The fourth-order valence-electron chi connectivity index (χ4n) is 2.07. The molecule has 5 heteroatoms. The number of nitrogens with zero attached hydrogens (tertiary/aromatic N) is 3. The Morgan fingerprint density at radius 2 is 1.87 bits per heavy atom. The van der Waals surface area contributed by atoms with E-state index in [0.717, 1.165) is 16.7 Å². The van der Waals surface area contributed by atoms with Gasteiger partial charge in [-0.15, -0.1) is 0 Å². The highest BCUT2D eigenvalue weighted by atomic mass is 16.5. The molecule has 3 rings (SSSR count). The summed E-state index contributed by atoms with van der Waals surface area (Å²) in [6.45, 7) is 2.14. The van der Waals surface area contributed by atoms with Crippen LogP contribution in [0.15, 0.2) is 59.7 Å². The molecule has 1 aromatic heterocycles. The maximum absolute atomic E-state index is 11.6. The Hall–Kier alpha value is -3.08. The Balaban J connectivity index is 1.77. The van der Waals surface area contributed by atoms with Crippen LogP contribution in [-0.4, -0.2) is 28.8 Å². The van der Waals surface area contributed by atoms with E-state index in [-0.39, 0.29) is 5.97 Å². The van der Waals surface area contributed by atoms with Crippen LogP contribution in [-0.2, 0) is 4.74 Å². The summed E-state index contributed by atoms with van der Waals surface area (Å²) in [5.41, 5.74) is 3.60. The van der Waals surface area contributed by atoms with Gasteiger partial charge in [-0.1, -0.05) is 12.1 Å². The number of benzene rings is 2. The van der Waals surface area contributed by atoms with Gasteiger partial charge < -0.3 is 4.74 Å². The van der Waals surface area contributed by atoms with Gasteiger partial charge in [0.2, 0.25) is 0 Å². The minimum absolute atomic E-state index is 0.330. The van der Waals surface area contributed by atoms with Gasteiger partial charge in [-0.2, -0.15) is 0 Å². The van der Waals surface area contributed by atoms with E-state index in [0.29, 0.717) is 17.9 Å². The number of fused-ring (bicyclic) bond motifs is 1. The van der Waals surface area contributed by atoms with Crippen LogP contribution in [0.3, 0.4) is 0 Å². The Morgan fingerprint density at radius 3 is 2.61 bits per heavy atom. The van der Waals surface area contributed by atoms with Gasteiger partial charge in [0.15, 0.2) is 0 Å². The average Bonchev–Trinajstić information content (AvgIpc) is 2.60. The van der Waals surface area contributed by atoms with Gasteiger partial charge >= 0.3 is 5.97 Å². The minimum atomic E-state index is -0.330. The zero-order chi connectivity index (χ0) is 16.1. The lowest BCUT2D eigenvalue weighted by atomic mass is 10.2. The lowest BCUT2D eigenvalue weighted by molar-refractivity contribution is 0.0526. The largest absolute Gasteiger partial charge is 0.462 e. The summed E-state index contributed by atoms with van der Waals surface area (Å²) in [4.78, 5) is 24.7. The third-order valence-corrected chi connectivity index (χ3v) is 3.19. The average molecular weight is 305 g/mol. The topological polar surface area (TPSA) is 64.4 Å². The normalized spacial score (nSPS) is 11.0. The molecular formula is C18H15N3O2. The van der Waals surface area contributed by atoms with Gasteiger partial charge in [0, 0.05) is 0 Å². The molecule has 2 aromatic carbocycles. The lowest BCUT2D eigenvalue weighted by Gasteiger charge is -2.01. The lowest BCUT2D eigenvalue weighted by Crippen LogP contribution is -2.03. The number of esters is 1. The van der Waals surface area contributed by atoms with Gasteiger partial charge in [-0.05, 0) is 43.3 Å². The molecule has 114 valence electrons. The number of hydrogen-bond acceptors (Lipinski definition) is 5. The minimum Gasteiger partial charge on any atom is -0.462 e. The summed E-state index contributed by atoms with van der Waals surface area (Å²) in [6.07, 6.45) is 3.33.